The van der Waals surface area contributed by atoms with Crippen molar-refractivity contribution in [1.82, 2.24) is 0 Å². The van der Waals surface area contributed by atoms with Crippen molar-refractivity contribution in [2.45, 2.75) is 32.1 Å². The smallest absolute Gasteiger partial charge is 0.314 e. The van der Waals surface area contributed by atoms with Gasteiger partial charge in [-0.2, -0.15) is 0 Å². The summed E-state index contributed by atoms with van der Waals surface area (Å²) < 4.78 is 10.9. The summed E-state index contributed by atoms with van der Waals surface area (Å²) in [5, 5.41) is 9.60. The normalized spacial score (nSPS) is 17.9. The fourth-order valence-corrected chi connectivity index (χ4v) is 2.48. The van der Waals surface area contributed by atoms with E-state index in [2.05, 4.69) is 13.8 Å². The molecular weight excluding hydrogens is 256 g/mol. The lowest BCUT2D eigenvalue weighted by Gasteiger charge is -2.33. The Morgan fingerprint density at radius 3 is 2.40 bits per heavy atom. The number of benzene rings is 1. The van der Waals surface area contributed by atoms with Crippen LogP contribution in [0.25, 0.3) is 0 Å². The van der Waals surface area contributed by atoms with Crippen molar-refractivity contribution < 1.29 is 19.4 Å². The van der Waals surface area contributed by atoms with Gasteiger partial charge in [-0.25, -0.2) is 0 Å². The Morgan fingerprint density at radius 1 is 1.30 bits per heavy atom. The molecular formula is C16H22O4. The lowest BCUT2D eigenvalue weighted by Crippen LogP contribution is -2.41. The van der Waals surface area contributed by atoms with Gasteiger partial charge in [0.1, 0.15) is 5.75 Å². The summed E-state index contributed by atoms with van der Waals surface area (Å²) in [4.78, 5) is 11.7. The molecule has 0 bridgehead atoms. The first-order valence-corrected chi connectivity index (χ1v) is 7.09. The monoisotopic (exact) mass is 278 g/mol. The van der Waals surface area contributed by atoms with Crippen molar-refractivity contribution in [3.63, 3.8) is 0 Å². The van der Waals surface area contributed by atoms with Crippen LogP contribution < -0.4 is 4.74 Å². The quantitative estimate of drug-likeness (QED) is 0.899. The van der Waals surface area contributed by atoms with Gasteiger partial charge in [-0.15, -0.1) is 0 Å². The lowest BCUT2D eigenvalue weighted by molar-refractivity contribution is -0.147. The van der Waals surface area contributed by atoms with Crippen molar-refractivity contribution in [2.75, 3.05) is 19.8 Å². The fourth-order valence-electron chi connectivity index (χ4n) is 2.48. The van der Waals surface area contributed by atoms with E-state index in [0.29, 0.717) is 38.6 Å². The number of ether oxygens (including phenoxy) is 2. The van der Waals surface area contributed by atoms with Crippen molar-refractivity contribution >= 4 is 5.97 Å². The number of carboxylic acid groups (broad SMARTS) is 1. The zero-order valence-corrected chi connectivity index (χ0v) is 12.1. The molecule has 1 aliphatic heterocycles. The Balaban J connectivity index is 2.16. The van der Waals surface area contributed by atoms with E-state index in [1.807, 2.05) is 24.3 Å². The maximum atomic E-state index is 11.7. The summed E-state index contributed by atoms with van der Waals surface area (Å²) in [5.74, 6) is 0.488. The highest BCUT2D eigenvalue weighted by Gasteiger charge is 2.41. The molecule has 20 heavy (non-hydrogen) atoms. The largest absolute Gasteiger partial charge is 0.493 e. The van der Waals surface area contributed by atoms with Gasteiger partial charge < -0.3 is 14.6 Å². The van der Waals surface area contributed by atoms with E-state index in [4.69, 9.17) is 9.47 Å². The van der Waals surface area contributed by atoms with Gasteiger partial charge in [-0.1, -0.05) is 26.0 Å². The van der Waals surface area contributed by atoms with Crippen LogP contribution in [0.2, 0.25) is 0 Å². The highest BCUT2D eigenvalue weighted by Crippen LogP contribution is 2.35. The molecule has 0 amide bonds. The van der Waals surface area contributed by atoms with Gasteiger partial charge in [0, 0.05) is 13.2 Å². The molecule has 2 rings (SSSR count). The molecule has 1 N–H and O–H groups in total. The minimum atomic E-state index is -0.811. The minimum Gasteiger partial charge on any atom is -0.493 e. The fraction of sp³-hybridized carbons (Fsp3) is 0.562. The molecule has 0 saturated carbocycles. The highest BCUT2D eigenvalue weighted by atomic mass is 16.5. The van der Waals surface area contributed by atoms with E-state index < -0.39 is 11.4 Å². The predicted octanol–water partition coefficient (Wildman–Crippen LogP) is 2.85. The first-order valence-electron chi connectivity index (χ1n) is 7.09. The molecule has 110 valence electrons. The summed E-state index contributed by atoms with van der Waals surface area (Å²) >= 11 is 0. The van der Waals surface area contributed by atoms with Crippen LogP contribution in [-0.4, -0.2) is 30.9 Å². The molecule has 0 spiro atoms. The highest BCUT2D eigenvalue weighted by molar-refractivity contribution is 5.81. The van der Waals surface area contributed by atoms with Crippen LogP contribution in [0.5, 0.6) is 5.75 Å². The van der Waals surface area contributed by atoms with Crippen molar-refractivity contribution in [1.29, 1.82) is 0 Å². The third-order valence-corrected chi connectivity index (χ3v) is 3.75. The first-order chi connectivity index (χ1) is 9.54. The Hall–Kier alpha value is -1.55. The number of hydrogen-bond acceptors (Lipinski definition) is 3. The number of rotatable bonds is 5. The summed E-state index contributed by atoms with van der Waals surface area (Å²) in [6.07, 6.45) is 1.04. The SMILES string of the molecule is CC(C)COc1ccc(C2(C(=O)O)CCOCC2)cc1. The summed E-state index contributed by atoms with van der Waals surface area (Å²) in [5.41, 5.74) is 0.0275. The summed E-state index contributed by atoms with van der Waals surface area (Å²) in [6, 6.07) is 7.46. The van der Waals surface area contributed by atoms with Crippen molar-refractivity contribution in [3.8, 4) is 5.75 Å². The third-order valence-electron chi connectivity index (χ3n) is 3.75. The van der Waals surface area contributed by atoms with E-state index in [-0.39, 0.29) is 0 Å². The standard InChI is InChI=1S/C16H22O4/c1-12(2)11-20-14-5-3-13(4-6-14)16(15(17)18)7-9-19-10-8-16/h3-6,12H,7-11H2,1-2H3,(H,17,18). The van der Waals surface area contributed by atoms with Gasteiger partial charge in [-0.3, -0.25) is 4.79 Å². The molecule has 0 atom stereocenters. The second-order valence-electron chi connectivity index (χ2n) is 5.73. The molecule has 0 aliphatic carbocycles. The second-order valence-corrected chi connectivity index (χ2v) is 5.73. The molecule has 1 saturated heterocycles. The molecule has 4 nitrogen and oxygen atoms in total. The average molecular weight is 278 g/mol. The zero-order chi connectivity index (χ0) is 14.6. The van der Waals surface area contributed by atoms with Gasteiger partial charge in [-0.05, 0) is 36.5 Å². The Morgan fingerprint density at radius 2 is 1.90 bits per heavy atom. The average Bonchev–Trinajstić information content (AvgIpc) is 2.46. The van der Waals surface area contributed by atoms with E-state index >= 15 is 0 Å². The Bertz CT molecular complexity index is 444. The minimum absolute atomic E-state index is 0.468. The van der Waals surface area contributed by atoms with Crippen molar-refractivity contribution in [3.05, 3.63) is 29.8 Å². The van der Waals surface area contributed by atoms with E-state index in [0.717, 1.165) is 11.3 Å². The van der Waals surface area contributed by atoms with Crippen LogP contribution in [0.1, 0.15) is 32.3 Å². The van der Waals surface area contributed by atoms with E-state index in [1.54, 1.807) is 0 Å². The van der Waals surface area contributed by atoms with Crippen molar-refractivity contribution in [2.24, 2.45) is 5.92 Å². The van der Waals surface area contributed by atoms with E-state index in [1.165, 1.54) is 0 Å². The van der Waals surface area contributed by atoms with Gasteiger partial charge in [0.05, 0.1) is 12.0 Å². The zero-order valence-electron chi connectivity index (χ0n) is 12.1. The van der Waals surface area contributed by atoms with Gasteiger partial charge >= 0.3 is 5.97 Å². The number of carboxylic acids is 1. The van der Waals surface area contributed by atoms with E-state index in [9.17, 15) is 9.90 Å². The molecule has 0 unspecified atom stereocenters. The maximum absolute atomic E-state index is 11.7. The summed E-state index contributed by atoms with van der Waals surface area (Å²) in [6.45, 7) is 5.85. The van der Waals surface area contributed by atoms with Crippen LogP contribution in [0.4, 0.5) is 0 Å². The van der Waals surface area contributed by atoms with Crippen LogP contribution >= 0.6 is 0 Å². The molecule has 1 fully saturated rings. The maximum Gasteiger partial charge on any atom is 0.314 e. The number of aliphatic carboxylic acids is 1. The van der Waals surface area contributed by atoms with Crippen LogP contribution in [0.15, 0.2) is 24.3 Å². The molecule has 1 aliphatic rings. The second kappa shape index (κ2) is 6.27. The van der Waals surface area contributed by atoms with Gasteiger partial charge in [0.15, 0.2) is 0 Å². The Kier molecular flexibility index (Phi) is 4.65. The van der Waals surface area contributed by atoms with Gasteiger partial charge in [0.25, 0.3) is 0 Å². The number of hydrogen-bond donors (Lipinski definition) is 1. The topological polar surface area (TPSA) is 55.8 Å². The van der Waals surface area contributed by atoms with Gasteiger partial charge in [0.2, 0.25) is 0 Å². The molecule has 1 heterocycles. The molecule has 0 radical (unpaired) electrons. The number of carbonyl (C=O) groups is 1. The Labute approximate surface area is 119 Å². The van der Waals surface area contributed by atoms with Crippen LogP contribution in [-0.2, 0) is 14.9 Å². The molecule has 1 aromatic rings. The first kappa shape index (κ1) is 14.9. The third kappa shape index (κ3) is 3.12. The predicted molar refractivity (Wildman–Crippen MR) is 76.1 cm³/mol. The molecule has 1 aromatic carbocycles. The lowest BCUT2D eigenvalue weighted by atomic mass is 9.74. The molecule has 0 aromatic heterocycles. The van der Waals surface area contributed by atoms with Crippen LogP contribution in [0, 0.1) is 5.92 Å². The molecule has 4 heteroatoms. The summed E-state index contributed by atoms with van der Waals surface area (Å²) in [7, 11) is 0. The van der Waals surface area contributed by atoms with Crippen LogP contribution in [0.3, 0.4) is 0 Å².